The van der Waals surface area contributed by atoms with E-state index in [1.807, 2.05) is 0 Å². The molecule has 0 aliphatic heterocycles. The highest BCUT2D eigenvalue weighted by Crippen LogP contribution is 2.49. The van der Waals surface area contributed by atoms with Gasteiger partial charge in [0.25, 0.3) is 5.69 Å². The third kappa shape index (κ3) is 3.53. The Bertz CT molecular complexity index is 692. The first-order valence-corrected chi connectivity index (χ1v) is 7.43. The van der Waals surface area contributed by atoms with Gasteiger partial charge in [-0.05, 0) is 25.7 Å². The molecule has 1 saturated carbocycles. The van der Waals surface area contributed by atoms with Crippen LogP contribution >= 0.6 is 11.6 Å². The number of nitrogens with zero attached hydrogens (tertiary/aromatic N) is 3. The van der Waals surface area contributed by atoms with E-state index in [1.54, 1.807) is 6.92 Å². The molecule has 0 heterocycles. The predicted molar refractivity (Wildman–Crippen MR) is 80.4 cm³/mol. The number of nitro benzene ring substituents is 2. The molecule has 1 aliphatic carbocycles. The Morgan fingerprint density at radius 1 is 1.29 bits per heavy atom. The normalized spacial score (nSPS) is 14.5. The minimum absolute atomic E-state index is 0.167. The zero-order valence-electron chi connectivity index (χ0n) is 12.5. The molecule has 2 rings (SSSR count). The van der Waals surface area contributed by atoms with Crippen LogP contribution in [0.3, 0.4) is 0 Å². The third-order valence-corrected chi connectivity index (χ3v) is 4.13. The van der Waals surface area contributed by atoms with Crippen molar-refractivity contribution >= 4 is 28.7 Å². The van der Waals surface area contributed by atoms with E-state index in [9.17, 15) is 33.4 Å². The lowest BCUT2D eigenvalue weighted by molar-refractivity contribution is -0.393. The molecule has 0 bridgehead atoms. The topological polar surface area (TPSA) is 89.5 Å². The van der Waals surface area contributed by atoms with Crippen LogP contribution in [0.15, 0.2) is 6.07 Å². The van der Waals surface area contributed by atoms with Crippen molar-refractivity contribution in [2.45, 2.75) is 25.9 Å². The Labute approximate surface area is 139 Å². The second-order valence-corrected chi connectivity index (χ2v) is 5.83. The van der Waals surface area contributed by atoms with Gasteiger partial charge in [0.05, 0.1) is 15.4 Å². The molecule has 0 saturated heterocycles. The van der Waals surface area contributed by atoms with E-state index in [1.165, 1.54) is 4.90 Å². The third-order valence-electron chi connectivity index (χ3n) is 3.75. The summed E-state index contributed by atoms with van der Waals surface area (Å²) in [5.41, 5.74) is -4.12. The molecule has 1 fully saturated rings. The molecule has 0 atom stereocenters. The molecule has 0 amide bonds. The van der Waals surface area contributed by atoms with Gasteiger partial charge in [-0.15, -0.1) is 0 Å². The number of alkyl halides is 3. The van der Waals surface area contributed by atoms with Crippen LogP contribution in [0.1, 0.15) is 25.3 Å². The minimum Gasteiger partial charge on any atom is -0.360 e. The van der Waals surface area contributed by atoms with Gasteiger partial charge in [-0.3, -0.25) is 20.2 Å². The molecule has 1 aliphatic rings. The molecule has 24 heavy (non-hydrogen) atoms. The van der Waals surface area contributed by atoms with E-state index in [0.29, 0.717) is 6.54 Å². The van der Waals surface area contributed by atoms with Gasteiger partial charge in [-0.2, -0.15) is 13.2 Å². The Kier molecular flexibility index (Phi) is 4.88. The maximum absolute atomic E-state index is 13.0. The summed E-state index contributed by atoms with van der Waals surface area (Å²) in [5, 5.41) is 21.4. The highest BCUT2D eigenvalue weighted by molar-refractivity contribution is 6.34. The summed E-state index contributed by atoms with van der Waals surface area (Å²) < 4.78 is 39.1. The lowest BCUT2D eigenvalue weighted by Gasteiger charge is -2.23. The van der Waals surface area contributed by atoms with Crippen LogP contribution in [0.2, 0.25) is 5.02 Å². The summed E-state index contributed by atoms with van der Waals surface area (Å²) in [6.07, 6.45) is -3.31. The van der Waals surface area contributed by atoms with Crippen molar-refractivity contribution in [1.82, 2.24) is 0 Å². The van der Waals surface area contributed by atoms with Gasteiger partial charge in [0.1, 0.15) is 5.02 Å². The fourth-order valence-electron chi connectivity index (χ4n) is 2.44. The van der Waals surface area contributed by atoms with Crippen LogP contribution in [0.4, 0.5) is 30.2 Å². The van der Waals surface area contributed by atoms with Gasteiger partial charge in [0, 0.05) is 19.2 Å². The van der Waals surface area contributed by atoms with Crippen molar-refractivity contribution in [2.24, 2.45) is 5.92 Å². The molecule has 7 nitrogen and oxygen atoms in total. The fourth-order valence-corrected chi connectivity index (χ4v) is 2.76. The lowest BCUT2D eigenvalue weighted by atomic mass is 10.1. The predicted octanol–water partition coefficient (Wildman–Crippen LogP) is 4.41. The number of rotatable bonds is 6. The highest BCUT2D eigenvalue weighted by atomic mass is 35.5. The van der Waals surface area contributed by atoms with Crippen molar-refractivity contribution in [3.63, 3.8) is 0 Å². The lowest BCUT2D eigenvalue weighted by Crippen LogP contribution is -2.27. The van der Waals surface area contributed by atoms with Gasteiger partial charge < -0.3 is 4.90 Å². The van der Waals surface area contributed by atoms with Gasteiger partial charge >= 0.3 is 11.9 Å². The van der Waals surface area contributed by atoms with Crippen LogP contribution in [-0.4, -0.2) is 22.9 Å². The largest absolute Gasteiger partial charge is 0.418 e. The Morgan fingerprint density at radius 2 is 1.88 bits per heavy atom. The second kappa shape index (κ2) is 6.42. The Balaban J connectivity index is 2.76. The maximum Gasteiger partial charge on any atom is 0.418 e. The van der Waals surface area contributed by atoms with Gasteiger partial charge in [-0.25, -0.2) is 0 Å². The Morgan fingerprint density at radius 3 is 2.25 bits per heavy atom. The molecule has 132 valence electrons. The van der Waals surface area contributed by atoms with E-state index in [4.69, 9.17) is 11.6 Å². The molecule has 0 radical (unpaired) electrons. The second-order valence-electron chi connectivity index (χ2n) is 5.45. The van der Waals surface area contributed by atoms with Crippen molar-refractivity contribution in [3.05, 3.63) is 36.9 Å². The van der Waals surface area contributed by atoms with Crippen LogP contribution in [-0.2, 0) is 6.18 Å². The molecule has 1 aromatic carbocycles. The number of hydrogen-bond acceptors (Lipinski definition) is 5. The SMILES string of the molecule is CCN(CC1CC1)c1c([N+](=O)[O-])cc(C(F)(F)F)c(Cl)c1[N+](=O)[O-]. The van der Waals surface area contributed by atoms with Gasteiger partial charge in [-0.1, -0.05) is 11.6 Å². The number of anilines is 1. The summed E-state index contributed by atoms with van der Waals surface area (Å²) in [4.78, 5) is 21.8. The Hall–Kier alpha value is -2.10. The van der Waals surface area contributed by atoms with Crippen LogP contribution < -0.4 is 4.90 Å². The van der Waals surface area contributed by atoms with Crippen LogP contribution in [0.25, 0.3) is 0 Å². The van der Waals surface area contributed by atoms with E-state index in [0.717, 1.165) is 12.8 Å². The molecular formula is C13H13ClF3N3O4. The highest BCUT2D eigenvalue weighted by Gasteiger charge is 2.43. The number of hydrogen-bond donors (Lipinski definition) is 0. The van der Waals surface area contributed by atoms with Gasteiger partial charge in [0.15, 0.2) is 5.69 Å². The summed E-state index contributed by atoms with van der Waals surface area (Å²) >= 11 is 5.61. The first kappa shape index (κ1) is 18.2. The summed E-state index contributed by atoms with van der Waals surface area (Å²) in [5.74, 6) is 0.213. The quantitative estimate of drug-likeness (QED) is 0.548. The summed E-state index contributed by atoms with van der Waals surface area (Å²) in [6, 6.07) is 0.264. The monoisotopic (exact) mass is 367 g/mol. The molecule has 0 N–H and O–H groups in total. The number of benzene rings is 1. The van der Waals surface area contributed by atoms with Crippen molar-refractivity contribution < 1.29 is 23.0 Å². The average Bonchev–Trinajstić information content (AvgIpc) is 3.26. The van der Waals surface area contributed by atoms with E-state index in [-0.39, 0.29) is 18.5 Å². The van der Waals surface area contributed by atoms with Crippen molar-refractivity contribution in [1.29, 1.82) is 0 Å². The molecule has 11 heteroatoms. The van der Waals surface area contributed by atoms with E-state index >= 15 is 0 Å². The zero-order valence-corrected chi connectivity index (χ0v) is 13.2. The zero-order chi connectivity index (χ0) is 18.2. The summed E-state index contributed by atoms with van der Waals surface area (Å²) in [7, 11) is 0. The summed E-state index contributed by atoms with van der Waals surface area (Å²) in [6.45, 7) is 2.07. The minimum atomic E-state index is -5.04. The number of halogens is 4. The fraction of sp³-hybridized carbons (Fsp3) is 0.538. The standard InChI is InChI=1S/C13H13ClF3N3O4/c1-2-18(6-7-3-4-7)11-9(19(21)22)5-8(13(15,16)17)10(14)12(11)20(23)24/h5,7H,2-4,6H2,1H3. The molecule has 0 aromatic heterocycles. The molecule has 0 unspecified atom stereocenters. The van der Waals surface area contributed by atoms with Crippen LogP contribution in [0, 0.1) is 26.1 Å². The average molecular weight is 368 g/mol. The first-order valence-electron chi connectivity index (χ1n) is 7.05. The number of nitro groups is 2. The smallest absolute Gasteiger partial charge is 0.360 e. The molecular weight excluding hydrogens is 355 g/mol. The first-order chi connectivity index (χ1) is 11.1. The molecule has 0 spiro atoms. The van der Waals surface area contributed by atoms with Crippen molar-refractivity contribution in [3.8, 4) is 0 Å². The molecule has 1 aromatic rings. The van der Waals surface area contributed by atoms with E-state index in [2.05, 4.69) is 0 Å². The maximum atomic E-state index is 13.0. The van der Waals surface area contributed by atoms with Crippen LogP contribution in [0.5, 0.6) is 0 Å². The van der Waals surface area contributed by atoms with Gasteiger partial charge in [0.2, 0.25) is 0 Å². The van der Waals surface area contributed by atoms with Crippen molar-refractivity contribution in [2.75, 3.05) is 18.0 Å². The van der Waals surface area contributed by atoms with E-state index < -0.39 is 43.7 Å².